The first kappa shape index (κ1) is 18.1. The Morgan fingerprint density at radius 1 is 1.18 bits per heavy atom. The van der Waals surface area contributed by atoms with Crippen molar-refractivity contribution in [3.05, 3.63) is 11.6 Å². The molecule has 0 saturated carbocycles. The molecule has 0 unspecified atom stereocenters. The van der Waals surface area contributed by atoms with E-state index in [-0.39, 0.29) is 17.4 Å². The maximum atomic E-state index is 10.8. The maximum Gasteiger partial charge on any atom is 0.333 e. The van der Waals surface area contributed by atoms with Crippen molar-refractivity contribution in [2.24, 2.45) is 5.41 Å². The Hall–Kier alpha value is -1.32. The zero-order valence-corrected chi connectivity index (χ0v) is 11.9. The van der Waals surface area contributed by atoms with Gasteiger partial charge in [0.15, 0.2) is 0 Å². The van der Waals surface area contributed by atoms with Crippen LogP contribution in [-0.2, 0) is 19.1 Å². The van der Waals surface area contributed by atoms with E-state index < -0.39 is 0 Å². The summed E-state index contributed by atoms with van der Waals surface area (Å²) >= 11 is 0. The van der Waals surface area contributed by atoms with Crippen LogP contribution in [0.3, 0.4) is 0 Å². The van der Waals surface area contributed by atoms with Crippen LogP contribution in [0.15, 0.2) is 11.6 Å². The van der Waals surface area contributed by atoms with Crippen LogP contribution in [0.4, 0.5) is 0 Å². The lowest BCUT2D eigenvalue weighted by atomic mass is 9.91. The Morgan fingerprint density at radius 3 is 1.76 bits per heavy atom. The molecule has 0 heterocycles. The standard InChI is InChI=1S/C7H14O2.C6H10O2/c1-5-7(2,3)6(8)9-4;1-4-5(2)6(7)8-3/h5H2,1-4H3;4H,1-3H3. The molecule has 0 bridgehead atoms. The van der Waals surface area contributed by atoms with E-state index in [2.05, 4.69) is 9.47 Å². The van der Waals surface area contributed by atoms with E-state index in [1.165, 1.54) is 14.2 Å². The van der Waals surface area contributed by atoms with Crippen molar-refractivity contribution in [2.45, 2.75) is 41.0 Å². The molecule has 100 valence electrons. The Bertz CT molecular complexity index is 277. The third-order valence-electron chi connectivity index (χ3n) is 2.56. The molecule has 17 heavy (non-hydrogen) atoms. The van der Waals surface area contributed by atoms with Crippen molar-refractivity contribution in [2.75, 3.05) is 14.2 Å². The van der Waals surface area contributed by atoms with Gasteiger partial charge in [-0.05, 0) is 34.1 Å². The van der Waals surface area contributed by atoms with E-state index in [1.807, 2.05) is 20.8 Å². The van der Waals surface area contributed by atoms with Crippen LogP contribution in [0.1, 0.15) is 41.0 Å². The number of rotatable bonds is 3. The zero-order chi connectivity index (χ0) is 14.1. The summed E-state index contributed by atoms with van der Waals surface area (Å²) in [6.45, 7) is 9.23. The summed E-state index contributed by atoms with van der Waals surface area (Å²) in [5, 5.41) is 0. The highest BCUT2D eigenvalue weighted by Gasteiger charge is 2.25. The Kier molecular flexibility index (Phi) is 9.33. The van der Waals surface area contributed by atoms with Gasteiger partial charge in [0.25, 0.3) is 0 Å². The van der Waals surface area contributed by atoms with Gasteiger partial charge in [0.1, 0.15) is 0 Å². The van der Waals surface area contributed by atoms with Gasteiger partial charge in [0, 0.05) is 5.57 Å². The minimum Gasteiger partial charge on any atom is -0.469 e. The van der Waals surface area contributed by atoms with Crippen molar-refractivity contribution < 1.29 is 19.1 Å². The van der Waals surface area contributed by atoms with Crippen LogP contribution in [0, 0.1) is 5.41 Å². The van der Waals surface area contributed by atoms with E-state index in [0.717, 1.165) is 6.42 Å². The van der Waals surface area contributed by atoms with Crippen LogP contribution in [-0.4, -0.2) is 26.2 Å². The average Bonchev–Trinajstić information content (AvgIpc) is 2.36. The second-order valence-electron chi connectivity index (χ2n) is 4.19. The summed E-state index contributed by atoms with van der Waals surface area (Å²) in [7, 11) is 2.79. The first-order valence-electron chi connectivity index (χ1n) is 5.56. The molecule has 0 aromatic carbocycles. The Balaban J connectivity index is 0. The van der Waals surface area contributed by atoms with Crippen molar-refractivity contribution in [3.8, 4) is 0 Å². The summed E-state index contributed by atoms with van der Waals surface area (Å²) in [4.78, 5) is 21.3. The van der Waals surface area contributed by atoms with E-state index in [1.54, 1.807) is 19.9 Å². The van der Waals surface area contributed by atoms with Gasteiger partial charge in [-0.2, -0.15) is 0 Å². The highest BCUT2D eigenvalue weighted by Crippen LogP contribution is 2.20. The number of hydrogen-bond donors (Lipinski definition) is 0. The number of allylic oxidation sites excluding steroid dienone is 1. The van der Waals surface area contributed by atoms with Gasteiger partial charge in [-0.15, -0.1) is 0 Å². The molecule has 4 heteroatoms. The SMILES string of the molecule is CC=C(C)C(=O)OC.CCC(C)(C)C(=O)OC. The quantitative estimate of drug-likeness (QED) is 0.566. The van der Waals surface area contributed by atoms with Gasteiger partial charge < -0.3 is 9.47 Å². The number of carbonyl (C=O) groups excluding carboxylic acids is 2. The molecule has 0 N–H and O–H groups in total. The van der Waals surface area contributed by atoms with Crippen LogP contribution in [0.2, 0.25) is 0 Å². The van der Waals surface area contributed by atoms with Crippen molar-refractivity contribution in [1.82, 2.24) is 0 Å². The molecule has 0 rings (SSSR count). The molecule has 0 spiro atoms. The summed E-state index contributed by atoms with van der Waals surface area (Å²) in [5.74, 6) is -0.391. The van der Waals surface area contributed by atoms with Gasteiger partial charge in [0.05, 0.1) is 19.6 Å². The fourth-order valence-corrected chi connectivity index (χ4v) is 0.699. The molecule has 0 radical (unpaired) electrons. The van der Waals surface area contributed by atoms with Crippen LogP contribution in [0.5, 0.6) is 0 Å². The number of esters is 2. The molecule has 0 fully saturated rings. The second-order valence-corrected chi connectivity index (χ2v) is 4.19. The first-order valence-corrected chi connectivity index (χ1v) is 5.56. The maximum absolute atomic E-state index is 10.8. The smallest absolute Gasteiger partial charge is 0.333 e. The fourth-order valence-electron chi connectivity index (χ4n) is 0.699. The molecular weight excluding hydrogens is 220 g/mol. The molecule has 0 aliphatic heterocycles. The Labute approximate surface area is 104 Å². The molecule has 0 aliphatic carbocycles. The number of ether oxygens (including phenoxy) is 2. The lowest BCUT2D eigenvalue weighted by Crippen LogP contribution is -2.24. The van der Waals surface area contributed by atoms with E-state index in [4.69, 9.17) is 0 Å². The summed E-state index contributed by atoms with van der Waals surface area (Å²) in [5.41, 5.74) is 0.335. The molecule has 0 atom stereocenters. The van der Waals surface area contributed by atoms with Gasteiger partial charge in [-0.25, -0.2) is 4.79 Å². The van der Waals surface area contributed by atoms with Crippen molar-refractivity contribution in [1.29, 1.82) is 0 Å². The minimum absolute atomic E-state index is 0.134. The van der Waals surface area contributed by atoms with Crippen LogP contribution >= 0.6 is 0 Å². The normalized spacial score (nSPS) is 11.1. The lowest BCUT2D eigenvalue weighted by Gasteiger charge is -2.17. The third kappa shape index (κ3) is 7.55. The number of methoxy groups -OCH3 is 2. The van der Waals surface area contributed by atoms with Gasteiger partial charge >= 0.3 is 11.9 Å². The summed E-state index contributed by atoms with van der Waals surface area (Å²) < 4.78 is 8.96. The predicted octanol–water partition coefficient (Wildman–Crippen LogP) is 2.72. The highest BCUT2D eigenvalue weighted by atomic mass is 16.5. The molecule has 0 aliphatic rings. The van der Waals surface area contributed by atoms with Gasteiger partial charge in [-0.3, -0.25) is 4.79 Å². The number of hydrogen-bond acceptors (Lipinski definition) is 4. The highest BCUT2D eigenvalue weighted by molar-refractivity contribution is 5.87. The lowest BCUT2D eigenvalue weighted by molar-refractivity contribution is -0.150. The molecular formula is C13H24O4. The van der Waals surface area contributed by atoms with Crippen LogP contribution < -0.4 is 0 Å². The van der Waals surface area contributed by atoms with Gasteiger partial charge in [-0.1, -0.05) is 13.0 Å². The predicted molar refractivity (Wildman–Crippen MR) is 67.5 cm³/mol. The van der Waals surface area contributed by atoms with E-state index in [0.29, 0.717) is 5.57 Å². The van der Waals surface area contributed by atoms with Crippen LogP contribution in [0.25, 0.3) is 0 Å². The minimum atomic E-state index is -0.311. The van der Waals surface area contributed by atoms with Crippen molar-refractivity contribution in [3.63, 3.8) is 0 Å². The largest absolute Gasteiger partial charge is 0.469 e. The van der Waals surface area contributed by atoms with Crippen molar-refractivity contribution >= 4 is 11.9 Å². The Morgan fingerprint density at radius 2 is 1.65 bits per heavy atom. The second kappa shape index (κ2) is 8.79. The van der Waals surface area contributed by atoms with Gasteiger partial charge in [0.2, 0.25) is 0 Å². The number of carbonyl (C=O) groups is 2. The van der Waals surface area contributed by atoms with E-state index in [9.17, 15) is 9.59 Å². The van der Waals surface area contributed by atoms with E-state index >= 15 is 0 Å². The molecule has 0 amide bonds. The zero-order valence-electron chi connectivity index (χ0n) is 11.9. The molecule has 0 aromatic heterocycles. The monoisotopic (exact) mass is 244 g/mol. The molecule has 0 saturated heterocycles. The average molecular weight is 244 g/mol. The molecule has 4 nitrogen and oxygen atoms in total. The first-order chi connectivity index (χ1) is 7.76. The summed E-state index contributed by atoms with van der Waals surface area (Å²) in [6, 6.07) is 0. The topological polar surface area (TPSA) is 52.6 Å². The third-order valence-corrected chi connectivity index (χ3v) is 2.56. The molecule has 0 aromatic rings. The fraction of sp³-hybridized carbons (Fsp3) is 0.692. The summed E-state index contributed by atoms with van der Waals surface area (Å²) in [6.07, 6.45) is 2.53.